The molecule has 18 heavy (non-hydrogen) atoms. The maximum Gasteiger partial charge on any atom is 0.164 e. The molecule has 2 heterocycles. The maximum atomic E-state index is 10.2. The van der Waals surface area contributed by atoms with Crippen LogP contribution in [-0.4, -0.2) is 24.9 Å². The molecule has 0 aromatic heterocycles. The molecule has 1 fully saturated rings. The molecule has 3 rings (SSSR count). The van der Waals surface area contributed by atoms with Crippen LogP contribution in [0.4, 0.5) is 0 Å². The lowest BCUT2D eigenvalue weighted by Crippen LogP contribution is -2.33. The number of phenolic OH excluding ortho intramolecular Hbond substituents is 1. The lowest BCUT2D eigenvalue weighted by molar-refractivity contribution is 0.296. The maximum absolute atomic E-state index is 10.2. The van der Waals surface area contributed by atoms with Crippen LogP contribution in [0.1, 0.15) is 31.7 Å². The minimum absolute atomic E-state index is 0.158. The highest BCUT2D eigenvalue weighted by Crippen LogP contribution is 2.42. The summed E-state index contributed by atoms with van der Waals surface area (Å²) < 4.78 is 11.3. The molecular formula is C14H19NO3. The van der Waals surface area contributed by atoms with E-state index in [1.165, 1.54) is 0 Å². The third-order valence-corrected chi connectivity index (χ3v) is 3.83. The molecule has 98 valence electrons. The quantitative estimate of drug-likeness (QED) is 0.800. The summed E-state index contributed by atoms with van der Waals surface area (Å²) in [5.41, 5.74) is 0.749. The fraction of sp³-hybridized carbons (Fsp3) is 0.571. The van der Waals surface area contributed by atoms with Gasteiger partial charge in [-0.05, 0) is 32.4 Å². The van der Waals surface area contributed by atoms with E-state index >= 15 is 0 Å². The van der Waals surface area contributed by atoms with E-state index in [4.69, 9.17) is 9.47 Å². The molecule has 2 aliphatic heterocycles. The second-order valence-electron chi connectivity index (χ2n) is 5.23. The summed E-state index contributed by atoms with van der Waals surface area (Å²) in [6.45, 7) is 4.42. The van der Waals surface area contributed by atoms with Crippen molar-refractivity contribution in [3.8, 4) is 17.2 Å². The minimum atomic E-state index is -0.158. The van der Waals surface area contributed by atoms with Crippen LogP contribution in [0.15, 0.2) is 12.1 Å². The van der Waals surface area contributed by atoms with Crippen LogP contribution in [0.25, 0.3) is 0 Å². The molecule has 2 aliphatic rings. The second-order valence-corrected chi connectivity index (χ2v) is 5.23. The first-order chi connectivity index (χ1) is 8.69. The Hall–Kier alpha value is -1.42. The van der Waals surface area contributed by atoms with Gasteiger partial charge in [-0.15, -0.1) is 0 Å². The molecule has 4 nitrogen and oxygen atoms in total. The first-order valence-corrected chi connectivity index (χ1v) is 6.57. The zero-order valence-corrected chi connectivity index (χ0v) is 10.7. The fourth-order valence-corrected chi connectivity index (χ4v) is 2.76. The predicted octanol–water partition coefficient (Wildman–Crippen LogP) is 2.15. The number of rotatable bonds is 1. The van der Waals surface area contributed by atoms with Crippen molar-refractivity contribution in [2.75, 3.05) is 19.8 Å². The van der Waals surface area contributed by atoms with Crippen LogP contribution in [-0.2, 0) is 5.54 Å². The third-order valence-electron chi connectivity index (χ3n) is 3.83. The van der Waals surface area contributed by atoms with Crippen LogP contribution in [0.5, 0.6) is 17.2 Å². The monoisotopic (exact) mass is 249 g/mol. The van der Waals surface area contributed by atoms with Crippen molar-refractivity contribution < 1.29 is 14.6 Å². The highest BCUT2D eigenvalue weighted by atomic mass is 16.5. The van der Waals surface area contributed by atoms with Crippen molar-refractivity contribution >= 4 is 0 Å². The number of nitrogens with one attached hydrogen (secondary N) is 1. The highest BCUT2D eigenvalue weighted by molar-refractivity contribution is 5.53. The zero-order valence-electron chi connectivity index (χ0n) is 10.7. The molecule has 0 spiro atoms. The van der Waals surface area contributed by atoms with Gasteiger partial charge < -0.3 is 19.9 Å². The van der Waals surface area contributed by atoms with Gasteiger partial charge in [0.1, 0.15) is 5.75 Å². The summed E-state index contributed by atoms with van der Waals surface area (Å²) >= 11 is 0. The van der Waals surface area contributed by atoms with Crippen LogP contribution in [0.2, 0.25) is 0 Å². The normalized spacial score (nSPS) is 26.9. The van der Waals surface area contributed by atoms with Crippen molar-refractivity contribution in [1.82, 2.24) is 5.32 Å². The standard InChI is InChI=1S/C14H19NO3/c1-14(4-2-5-15-14)10-8-12-13(9-11(10)16)18-7-3-6-17-12/h8-9,15-16H,2-7H2,1H3. The van der Waals surface area contributed by atoms with Gasteiger partial charge in [-0.3, -0.25) is 0 Å². The molecule has 0 aliphatic carbocycles. The smallest absolute Gasteiger partial charge is 0.164 e. The molecule has 0 amide bonds. The number of ether oxygens (including phenoxy) is 2. The Balaban J connectivity index is 2.02. The summed E-state index contributed by atoms with van der Waals surface area (Å²) in [5, 5.41) is 13.7. The Kier molecular flexibility index (Phi) is 2.82. The lowest BCUT2D eigenvalue weighted by Gasteiger charge is -2.26. The lowest BCUT2D eigenvalue weighted by atomic mass is 9.89. The largest absolute Gasteiger partial charge is 0.507 e. The SMILES string of the molecule is CC1(c2cc3c(cc2O)OCCCO3)CCCN1. The van der Waals surface area contributed by atoms with Crippen molar-refractivity contribution in [2.45, 2.75) is 31.7 Å². The van der Waals surface area contributed by atoms with E-state index in [1.807, 2.05) is 6.07 Å². The van der Waals surface area contributed by atoms with E-state index in [1.54, 1.807) is 6.07 Å². The summed E-state index contributed by atoms with van der Waals surface area (Å²) in [6.07, 6.45) is 3.03. The Morgan fingerprint density at radius 3 is 2.56 bits per heavy atom. The van der Waals surface area contributed by atoms with Gasteiger partial charge in [-0.1, -0.05) is 0 Å². The Labute approximate surface area is 107 Å². The molecule has 1 atom stereocenters. The molecule has 1 aromatic carbocycles. The predicted molar refractivity (Wildman–Crippen MR) is 68.3 cm³/mol. The average molecular weight is 249 g/mol. The van der Waals surface area contributed by atoms with E-state index in [0.29, 0.717) is 19.0 Å². The number of benzene rings is 1. The van der Waals surface area contributed by atoms with Gasteiger partial charge >= 0.3 is 0 Å². The molecule has 0 saturated carbocycles. The fourth-order valence-electron chi connectivity index (χ4n) is 2.76. The number of aromatic hydroxyl groups is 1. The molecule has 1 unspecified atom stereocenters. The molecule has 0 radical (unpaired) electrons. The third kappa shape index (κ3) is 1.90. The Bertz CT molecular complexity index is 453. The summed E-state index contributed by atoms with van der Waals surface area (Å²) in [5.74, 6) is 1.68. The molecule has 2 N–H and O–H groups in total. The average Bonchev–Trinajstić information content (AvgIpc) is 2.66. The van der Waals surface area contributed by atoms with Crippen molar-refractivity contribution in [1.29, 1.82) is 0 Å². The van der Waals surface area contributed by atoms with E-state index in [2.05, 4.69) is 12.2 Å². The van der Waals surface area contributed by atoms with Gasteiger partial charge in [0, 0.05) is 23.6 Å². The van der Waals surface area contributed by atoms with E-state index in [-0.39, 0.29) is 11.3 Å². The first kappa shape index (κ1) is 11.7. The summed E-state index contributed by atoms with van der Waals surface area (Å²) in [7, 11) is 0. The summed E-state index contributed by atoms with van der Waals surface area (Å²) in [4.78, 5) is 0. The van der Waals surface area contributed by atoms with Gasteiger partial charge in [-0.25, -0.2) is 0 Å². The van der Waals surface area contributed by atoms with Crippen molar-refractivity contribution in [2.24, 2.45) is 0 Å². The topological polar surface area (TPSA) is 50.7 Å². The number of hydrogen-bond donors (Lipinski definition) is 2. The zero-order chi connectivity index (χ0) is 12.6. The van der Waals surface area contributed by atoms with E-state index in [9.17, 15) is 5.11 Å². The molecule has 0 bridgehead atoms. The van der Waals surface area contributed by atoms with Crippen LogP contribution >= 0.6 is 0 Å². The molecule has 4 heteroatoms. The van der Waals surface area contributed by atoms with Gasteiger partial charge in [0.05, 0.1) is 13.2 Å². The van der Waals surface area contributed by atoms with E-state index < -0.39 is 0 Å². The van der Waals surface area contributed by atoms with Crippen LogP contribution < -0.4 is 14.8 Å². The first-order valence-electron chi connectivity index (χ1n) is 6.57. The number of hydrogen-bond acceptors (Lipinski definition) is 4. The molecule has 1 aromatic rings. The molecule has 1 saturated heterocycles. The number of fused-ring (bicyclic) bond motifs is 1. The van der Waals surface area contributed by atoms with E-state index in [0.717, 1.165) is 37.1 Å². The molecular weight excluding hydrogens is 230 g/mol. The Morgan fingerprint density at radius 2 is 1.89 bits per heavy atom. The van der Waals surface area contributed by atoms with Gasteiger partial charge in [0.2, 0.25) is 0 Å². The second kappa shape index (κ2) is 4.35. The minimum Gasteiger partial charge on any atom is -0.507 e. The van der Waals surface area contributed by atoms with Crippen LogP contribution in [0.3, 0.4) is 0 Å². The van der Waals surface area contributed by atoms with Crippen molar-refractivity contribution in [3.63, 3.8) is 0 Å². The highest BCUT2D eigenvalue weighted by Gasteiger charge is 2.33. The van der Waals surface area contributed by atoms with Gasteiger partial charge in [0.15, 0.2) is 11.5 Å². The van der Waals surface area contributed by atoms with Gasteiger partial charge in [-0.2, -0.15) is 0 Å². The number of phenols is 1. The van der Waals surface area contributed by atoms with Crippen molar-refractivity contribution in [3.05, 3.63) is 17.7 Å². The summed E-state index contributed by atoms with van der Waals surface area (Å²) in [6, 6.07) is 3.61. The van der Waals surface area contributed by atoms with Crippen LogP contribution in [0, 0.1) is 0 Å². The Morgan fingerprint density at radius 1 is 1.17 bits per heavy atom. The van der Waals surface area contributed by atoms with Gasteiger partial charge in [0.25, 0.3) is 0 Å².